The van der Waals surface area contributed by atoms with Gasteiger partial charge in [0.1, 0.15) is 6.61 Å². The molecule has 1 heterocycles. The van der Waals surface area contributed by atoms with Crippen LogP contribution in [0.2, 0.25) is 0 Å². The largest absolute Gasteiger partial charge is 0.478 e. The molecule has 5 heteroatoms. The van der Waals surface area contributed by atoms with E-state index < -0.39 is 5.97 Å². The normalized spacial score (nSPS) is 19.5. The van der Waals surface area contributed by atoms with E-state index in [2.05, 4.69) is 24.3 Å². The number of amides is 1. The summed E-state index contributed by atoms with van der Waals surface area (Å²) in [5.74, 6) is -0.714. The van der Waals surface area contributed by atoms with Crippen molar-refractivity contribution in [2.45, 2.75) is 31.2 Å². The second-order valence-corrected chi connectivity index (χ2v) is 8.67. The number of fused-ring (bicyclic) bond motifs is 3. The van der Waals surface area contributed by atoms with Crippen LogP contribution in [0.1, 0.15) is 52.2 Å². The molecule has 2 unspecified atom stereocenters. The van der Waals surface area contributed by atoms with E-state index in [1.165, 1.54) is 22.3 Å². The highest BCUT2D eigenvalue weighted by Gasteiger charge is 2.35. The summed E-state index contributed by atoms with van der Waals surface area (Å²) < 4.78 is 5.84. The molecule has 5 rings (SSSR count). The SMILES string of the molecule is CC1CC(c2ccc(C(=O)O)cc2)CN1C(=O)OCC1c2ccccc2-c2ccccc21. The number of aromatic carboxylic acids is 1. The molecule has 0 saturated carbocycles. The number of rotatable bonds is 4. The summed E-state index contributed by atoms with van der Waals surface area (Å²) >= 11 is 0. The maximum atomic E-state index is 13.0. The smallest absolute Gasteiger partial charge is 0.410 e. The van der Waals surface area contributed by atoms with Crippen LogP contribution in [0, 0.1) is 0 Å². The van der Waals surface area contributed by atoms with Gasteiger partial charge in [-0.2, -0.15) is 0 Å². The van der Waals surface area contributed by atoms with Gasteiger partial charge in [0.25, 0.3) is 0 Å². The molecule has 1 fully saturated rings. The van der Waals surface area contributed by atoms with E-state index in [4.69, 9.17) is 9.84 Å². The number of carbonyl (C=O) groups excluding carboxylic acids is 1. The summed E-state index contributed by atoms with van der Waals surface area (Å²) in [5.41, 5.74) is 6.15. The van der Waals surface area contributed by atoms with Crippen molar-refractivity contribution >= 4 is 12.1 Å². The Kier molecular flexibility index (Phi) is 5.17. The van der Waals surface area contributed by atoms with Crippen molar-refractivity contribution in [1.82, 2.24) is 4.90 Å². The fourth-order valence-corrected chi connectivity index (χ4v) is 5.10. The average molecular weight is 428 g/mol. The minimum Gasteiger partial charge on any atom is -0.478 e. The first-order valence-electron chi connectivity index (χ1n) is 11.0. The summed E-state index contributed by atoms with van der Waals surface area (Å²) in [4.78, 5) is 25.9. The van der Waals surface area contributed by atoms with Crippen LogP contribution < -0.4 is 0 Å². The van der Waals surface area contributed by atoms with E-state index in [1.807, 2.05) is 43.3 Å². The quantitative estimate of drug-likeness (QED) is 0.596. The Labute approximate surface area is 187 Å². The van der Waals surface area contributed by atoms with Crippen molar-refractivity contribution in [2.75, 3.05) is 13.2 Å². The molecule has 2 atom stereocenters. The Morgan fingerprint density at radius 3 is 2.12 bits per heavy atom. The first-order valence-corrected chi connectivity index (χ1v) is 11.0. The summed E-state index contributed by atoms with van der Waals surface area (Å²) in [6, 6.07) is 23.6. The zero-order valence-corrected chi connectivity index (χ0v) is 17.9. The average Bonchev–Trinajstić information content (AvgIpc) is 3.36. The molecule has 1 aliphatic heterocycles. The minimum absolute atomic E-state index is 0.0450. The van der Waals surface area contributed by atoms with Gasteiger partial charge in [-0.3, -0.25) is 0 Å². The van der Waals surface area contributed by atoms with Crippen LogP contribution in [0.4, 0.5) is 4.79 Å². The van der Waals surface area contributed by atoms with Crippen molar-refractivity contribution in [2.24, 2.45) is 0 Å². The zero-order valence-electron chi connectivity index (χ0n) is 17.9. The Bertz CT molecular complexity index is 1120. The molecule has 3 aromatic carbocycles. The van der Waals surface area contributed by atoms with E-state index in [-0.39, 0.29) is 29.5 Å². The molecule has 0 spiro atoms. The highest BCUT2D eigenvalue weighted by Crippen LogP contribution is 2.44. The lowest BCUT2D eigenvalue weighted by atomic mass is 9.96. The van der Waals surface area contributed by atoms with Crippen molar-refractivity contribution in [3.63, 3.8) is 0 Å². The summed E-state index contributed by atoms with van der Waals surface area (Å²) in [6.45, 7) is 2.92. The van der Waals surface area contributed by atoms with Gasteiger partial charge in [0.05, 0.1) is 5.56 Å². The fourth-order valence-electron chi connectivity index (χ4n) is 5.10. The van der Waals surface area contributed by atoms with Crippen molar-refractivity contribution in [1.29, 1.82) is 0 Å². The van der Waals surface area contributed by atoms with Gasteiger partial charge in [-0.15, -0.1) is 0 Å². The van der Waals surface area contributed by atoms with Crippen LogP contribution in [0.25, 0.3) is 11.1 Å². The molecule has 5 nitrogen and oxygen atoms in total. The molecule has 1 aliphatic carbocycles. The van der Waals surface area contributed by atoms with Gasteiger partial charge in [0, 0.05) is 24.4 Å². The summed E-state index contributed by atoms with van der Waals surface area (Å²) in [5, 5.41) is 9.10. The Morgan fingerprint density at radius 1 is 0.938 bits per heavy atom. The lowest BCUT2D eigenvalue weighted by molar-refractivity contribution is 0.0696. The lowest BCUT2D eigenvalue weighted by Gasteiger charge is -2.22. The lowest BCUT2D eigenvalue weighted by Crippen LogP contribution is -2.35. The zero-order chi connectivity index (χ0) is 22.2. The second kappa shape index (κ2) is 8.15. The van der Waals surface area contributed by atoms with Crippen LogP contribution in [-0.2, 0) is 4.74 Å². The fraction of sp³-hybridized carbons (Fsp3) is 0.259. The topological polar surface area (TPSA) is 66.8 Å². The number of benzene rings is 3. The Hall–Kier alpha value is -3.60. The van der Waals surface area contributed by atoms with Gasteiger partial charge < -0.3 is 14.7 Å². The molecular weight excluding hydrogens is 402 g/mol. The van der Waals surface area contributed by atoms with Crippen LogP contribution >= 0.6 is 0 Å². The number of ether oxygens (including phenoxy) is 1. The monoisotopic (exact) mass is 427 g/mol. The third-order valence-corrected chi connectivity index (χ3v) is 6.77. The van der Waals surface area contributed by atoms with Gasteiger partial charge in [-0.1, -0.05) is 60.7 Å². The molecule has 32 heavy (non-hydrogen) atoms. The van der Waals surface area contributed by atoms with Gasteiger partial charge in [0.2, 0.25) is 0 Å². The van der Waals surface area contributed by atoms with Gasteiger partial charge >= 0.3 is 12.1 Å². The van der Waals surface area contributed by atoms with Crippen molar-refractivity contribution < 1.29 is 19.4 Å². The molecular formula is C27H25NO4. The van der Waals surface area contributed by atoms with Crippen LogP contribution in [0.5, 0.6) is 0 Å². The highest BCUT2D eigenvalue weighted by molar-refractivity contribution is 5.87. The van der Waals surface area contributed by atoms with Crippen LogP contribution in [0.15, 0.2) is 72.8 Å². The Balaban J connectivity index is 1.27. The predicted octanol–water partition coefficient (Wildman–Crippen LogP) is 5.51. The van der Waals surface area contributed by atoms with Crippen molar-refractivity contribution in [3.05, 3.63) is 95.1 Å². The predicted molar refractivity (Wildman–Crippen MR) is 122 cm³/mol. The van der Waals surface area contributed by atoms with E-state index >= 15 is 0 Å². The maximum Gasteiger partial charge on any atom is 0.410 e. The molecule has 1 N–H and O–H groups in total. The molecule has 0 radical (unpaired) electrons. The molecule has 0 aromatic heterocycles. The van der Waals surface area contributed by atoms with Gasteiger partial charge in [0.15, 0.2) is 0 Å². The van der Waals surface area contributed by atoms with Crippen LogP contribution in [-0.4, -0.2) is 41.3 Å². The summed E-state index contributed by atoms with van der Waals surface area (Å²) in [6.07, 6.45) is 0.542. The molecule has 1 saturated heterocycles. The van der Waals surface area contributed by atoms with Gasteiger partial charge in [-0.05, 0) is 53.3 Å². The van der Waals surface area contributed by atoms with E-state index in [0.29, 0.717) is 13.2 Å². The maximum absolute atomic E-state index is 13.0. The molecule has 0 bridgehead atoms. The van der Waals surface area contributed by atoms with Crippen molar-refractivity contribution in [3.8, 4) is 11.1 Å². The van der Waals surface area contributed by atoms with E-state index in [1.54, 1.807) is 17.0 Å². The van der Waals surface area contributed by atoms with Gasteiger partial charge in [-0.25, -0.2) is 9.59 Å². The van der Waals surface area contributed by atoms with Crippen LogP contribution in [0.3, 0.4) is 0 Å². The number of hydrogen-bond donors (Lipinski definition) is 1. The molecule has 1 amide bonds. The minimum atomic E-state index is -0.934. The number of nitrogens with zero attached hydrogens (tertiary/aromatic N) is 1. The first kappa shape index (κ1) is 20.3. The number of likely N-dealkylation sites (tertiary alicyclic amines) is 1. The highest BCUT2D eigenvalue weighted by atomic mass is 16.6. The first-order chi connectivity index (χ1) is 15.5. The second-order valence-electron chi connectivity index (χ2n) is 8.67. The Morgan fingerprint density at radius 2 is 1.53 bits per heavy atom. The molecule has 2 aliphatic rings. The van der Waals surface area contributed by atoms with E-state index in [9.17, 15) is 9.59 Å². The number of carbonyl (C=O) groups is 2. The number of carboxylic acids is 1. The molecule has 3 aromatic rings. The summed E-state index contributed by atoms with van der Waals surface area (Å²) in [7, 11) is 0. The number of carboxylic acid groups (broad SMARTS) is 1. The third-order valence-electron chi connectivity index (χ3n) is 6.77. The third kappa shape index (κ3) is 3.54. The standard InChI is InChI=1S/C27H25NO4/c1-17-14-20(18-10-12-19(13-11-18)26(29)30)15-28(17)27(31)32-16-25-23-8-4-2-6-21(23)22-7-3-5-9-24(22)25/h2-13,17,20,25H,14-16H2,1H3,(H,29,30). The molecule has 162 valence electrons. The number of hydrogen-bond acceptors (Lipinski definition) is 3. The van der Waals surface area contributed by atoms with E-state index in [0.717, 1.165) is 12.0 Å².